The van der Waals surface area contributed by atoms with Crippen LogP contribution in [0.2, 0.25) is 0 Å². The fourth-order valence-corrected chi connectivity index (χ4v) is 5.04. The van der Waals surface area contributed by atoms with Gasteiger partial charge in [0.25, 0.3) is 5.91 Å². The van der Waals surface area contributed by atoms with Gasteiger partial charge in [-0.1, -0.05) is 44.0 Å². The number of benzene rings is 1. The molecule has 2 heterocycles. The second-order valence-electron chi connectivity index (χ2n) is 9.94. The lowest BCUT2D eigenvalue weighted by Crippen LogP contribution is -2.53. The van der Waals surface area contributed by atoms with Crippen molar-refractivity contribution < 1.29 is 27.3 Å². The average molecular weight is 462 g/mol. The maximum Gasteiger partial charge on any atom is 0.471 e. The second kappa shape index (κ2) is 7.56. The molecule has 2 amide bonds. The van der Waals surface area contributed by atoms with Gasteiger partial charge in [0.05, 0.1) is 6.04 Å². The van der Waals surface area contributed by atoms with Crippen LogP contribution in [0.25, 0.3) is 11.4 Å². The predicted molar refractivity (Wildman–Crippen MR) is 111 cm³/mol. The van der Waals surface area contributed by atoms with Gasteiger partial charge in [0.15, 0.2) is 0 Å². The van der Waals surface area contributed by atoms with Crippen LogP contribution in [0.15, 0.2) is 22.7 Å². The molecule has 2 aromatic rings. The Bertz CT molecular complexity index is 1110. The van der Waals surface area contributed by atoms with E-state index in [0.717, 1.165) is 37.7 Å². The summed E-state index contributed by atoms with van der Waals surface area (Å²) in [6.45, 7) is 4.56. The molecule has 0 saturated heterocycles. The Hall–Kier alpha value is -2.91. The number of rotatable bonds is 4. The Morgan fingerprint density at radius 3 is 2.64 bits per heavy atom. The fraction of sp³-hybridized carbons (Fsp3) is 0.565. The maximum absolute atomic E-state index is 13.3. The van der Waals surface area contributed by atoms with Gasteiger partial charge >= 0.3 is 12.1 Å². The predicted octanol–water partition coefficient (Wildman–Crippen LogP) is 4.18. The van der Waals surface area contributed by atoms with Crippen molar-refractivity contribution in [1.82, 2.24) is 20.4 Å². The molecule has 5 rings (SSSR count). The lowest BCUT2D eigenvalue weighted by molar-refractivity contribution is -0.159. The van der Waals surface area contributed by atoms with Gasteiger partial charge in [-0.3, -0.25) is 9.59 Å². The number of halogens is 3. The Labute approximate surface area is 188 Å². The molecule has 10 heteroatoms. The summed E-state index contributed by atoms with van der Waals surface area (Å²) in [6, 6.07) is 4.61. The van der Waals surface area contributed by atoms with Crippen molar-refractivity contribution in [2.45, 2.75) is 70.8 Å². The zero-order valence-corrected chi connectivity index (χ0v) is 18.4. The number of carbonyl (C=O) groups is 2. The molecule has 2 aliphatic carbocycles. The summed E-state index contributed by atoms with van der Waals surface area (Å²) in [6.07, 6.45) is -0.276. The monoisotopic (exact) mass is 462 g/mol. The first-order valence-corrected chi connectivity index (χ1v) is 11.2. The Balaban J connectivity index is 1.34. The van der Waals surface area contributed by atoms with E-state index in [1.54, 1.807) is 17.0 Å². The zero-order chi connectivity index (χ0) is 23.5. The molecule has 1 aromatic carbocycles. The van der Waals surface area contributed by atoms with Gasteiger partial charge in [0.1, 0.15) is 0 Å². The van der Waals surface area contributed by atoms with Crippen molar-refractivity contribution in [1.29, 1.82) is 0 Å². The van der Waals surface area contributed by atoms with Gasteiger partial charge in [-0.2, -0.15) is 18.2 Å². The van der Waals surface area contributed by atoms with Gasteiger partial charge in [0, 0.05) is 29.6 Å². The minimum atomic E-state index is -4.73. The van der Waals surface area contributed by atoms with Crippen LogP contribution in [-0.2, 0) is 17.5 Å². The fourth-order valence-electron chi connectivity index (χ4n) is 5.04. The molecular weight excluding hydrogens is 437 g/mol. The summed E-state index contributed by atoms with van der Waals surface area (Å²) < 4.78 is 42.7. The van der Waals surface area contributed by atoms with E-state index in [1.807, 2.05) is 0 Å². The number of aromatic nitrogens is 2. The van der Waals surface area contributed by atoms with E-state index < -0.39 is 12.1 Å². The highest BCUT2D eigenvalue weighted by Crippen LogP contribution is 2.51. The highest BCUT2D eigenvalue weighted by atomic mass is 19.4. The standard InChI is InChI=1S/C23H25F3N4O3/c1-22(2)10-15(22)19(31)27-16-5-3-4-6-17(16)30-11-13-8-7-12(9-14(13)20(30)32)18-28-21(33-29-18)23(24,25)26/h7-9,15-17H,3-6,10-11H2,1-2H3,(H,27,31)/t15?,16-,17-/m1/s1. The van der Waals surface area contributed by atoms with Crippen molar-refractivity contribution in [3.8, 4) is 11.4 Å². The van der Waals surface area contributed by atoms with E-state index in [-0.39, 0.29) is 46.6 Å². The Kier molecular flexibility index (Phi) is 5.02. The molecular formula is C23H25F3N4O3. The zero-order valence-electron chi connectivity index (χ0n) is 18.4. The average Bonchev–Trinajstić information content (AvgIpc) is 3.09. The summed E-state index contributed by atoms with van der Waals surface area (Å²) in [4.78, 5) is 31.2. The number of hydrogen-bond acceptors (Lipinski definition) is 5. The van der Waals surface area contributed by atoms with E-state index in [2.05, 4.69) is 33.8 Å². The number of amides is 2. The maximum atomic E-state index is 13.3. The SMILES string of the molecule is CC1(C)CC1C(=O)N[C@@H]1CCCC[C@H]1N1Cc2ccc(-c3noc(C(F)(F)F)n3)cc2C1=O. The van der Waals surface area contributed by atoms with Gasteiger partial charge < -0.3 is 14.7 Å². The molecule has 0 radical (unpaired) electrons. The van der Waals surface area contributed by atoms with Crippen LogP contribution in [0.3, 0.4) is 0 Å². The number of carbonyl (C=O) groups excluding carboxylic acids is 2. The lowest BCUT2D eigenvalue weighted by atomic mass is 9.89. The number of hydrogen-bond donors (Lipinski definition) is 1. The molecule has 0 spiro atoms. The first kappa shape index (κ1) is 21.9. The molecule has 3 aliphatic rings. The van der Waals surface area contributed by atoms with Crippen molar-refractivity contribution in [2.75, 3.05) is 0 Å². The molecule has 2 fully saturated rings. The van der Waals surface area contributed by atoms with Crippen LogP contribution in [0.4, 0.5) is 13.2 Å². The molecule has 176 valence electrons. The van der Waals surface area contributed by atoms with Gasteiger partial charge in [0.2, 0.25) is 11.7 Å². The molecule has 33 heavy (non-hydrogen) atoms. The summed E-state index contributed by atoms with van der Waals surface area (Å²) in [5.74, 6) is -1.76. The second-order valence-corrected chi connectivity index (χ2v) is 9.94. The van der Waals surface area contributed by atoms with Crippen molar-refractivity contribution >= 4 is 11.8 Å². The minimum absolute atomic E-state index is 0.0191. The molecule has 1 N–H and O–H groups in total. The first-order chi connectivity index (χ1) is 15.5. The third kappa shape index (κ3) is 4.00. The molecule has 7 nitrogen and oxygen atoms in total. The molecule has 1 aromatic heterocycles. The number of alkyl halides is 3. The van der Waals surface area contributed by atoms with Crippen LogP contribution in [-0.4, -0.2) is 38.9 Å². The number of nitrogens with zero attached hydrogens (tertiary/aromatic N) is 3. The topological polar surface area (TPSA) is 88.3 Å². The van der Waals surface area contributed by atoms with Gasteiger partial charge in [-0.25, -0.2) is 0 Å². The number of fused-ring (bicyclic) bond motifs is 1. The van der Waals surface area contributed by atoms with Gasteiger partial charge in [-0.15, -0.1) is 0 Å². The molecule has 1 aliphatic heterocycles. The van der Waals surface area contributed by atoms with Crippen LogP contribution in [0.1, 0.15) is 67.8 Å². The third-order valence-electron chi connectivity index (χ3n) is 7.16. The van der Waals surface area contributed by atoms with Gasteiger partial charge in [-0.05, 0) is 36.3 Å². The van der Waals surface area contributed by atoms with E-state index >= 15 is 0 Å². The molecule has 0 bridgehead atoms. The van der Waals surface area contributed by atoms with Crippen molar-refractivity contribution in [3.05, 3.63) is 35.2 Å². The molecule has 2 saturated carbocycles. The van der Waals surface area contributed by atoms with Crippen molar-refractivity contribution in [3.63, 3.8) is 0 Å². The number of nitrogens with one attached hydrogen (secondary N) is 1. The molecule has 3 atom stereocenters. The van der Waals surface area contributed by atoms with Crippen LogP contribution in [0.5, 0.6) is 0 Å². The highest BCUT2D eigenvalue weighted by molar-refractivity contribution is 5.99. The van der Waals surface area contributed by atoms with Crippen LogP contribution in [0, 0.1) is 11.3 Å². The molecule has 1 unspecified atom stereocenters. The van der Waals surface area contributed by atoms with E-state index in [4.69, 9.17) is 0 Å². The van der Waals surface area contributed by atoms with E-state index in [0.29, 0.717) is 12.1 Å². The normalized spacial score (nSPS) is 26.3. The Morgan fingerprint density at radius 2 is 1.97 bits per heavy atom. The Morgan fingerprint density at radius 1 is 1.24 bits per heavy atom. The van der Waals surface area contributed by atoms with Crippen LogP contribution < -0.4 is 5.32 Å². The summed E-state index contributed by atoms with van der Waals surface area (Å²) in [5, 5.41) is 6.61. The third-order valence-corrected chi connectivity index (χ3v) is 7.16. The van der Waals surface area contributed by atoms with Crippen molar-refractivity contribution in [2.24, 2.45) is 11.3 Å². The van der Waals surface area contributed by atoms with E-state index in [9.17, 15) is 22.8 Å². The summed E-state index contributed by atoms with van der Waals surface area (Å²) in [7, 11) is 0. The minimum Gasteiger partial charge on any atom is -0.351 e. The largest absolute Gasteiger partial charge is 0.471 e. The first-order valence-electron chi connectivity index (χ1n) is 11.2. The lowest BCUT2D eigenvalue weighted by Gasteiger charge is -2.38. The van der Waals surface area contributed by atoms with E-state index in [1.165, 1.54) is 6.07 Å². The smallest absolute Gasteiger partial charge is 0.351 e. The highest BCUT2D eigenvalue weighted by Gasteiger charge is 2.51. The quantitative estimate of drug-likeness (QED) is 0.736. The summed E-state index contributed by atoms with van der Waals surface area (Å²) in [5.41, 5.74) is 1.53. The summed E-state index contributed by atoms with van der Waals surface area (Å²) >= 11 is 0. The van der Waals surface area contributed by atoms with Crippen LogP contribution >= 0.6 is 0 Å².